The SMILES string of the molecule is O=C(O)Cc1cccc(NC(=O)c2ccc(-c3ccc(Cl)cc3Cl)o2)c1. The topological polar surface area (TPSA) is 79.5 Å². The molecule has 0 radical (unpaired) electrons. The molecule has 2 aromatic carbocycles. The van der Waals surface area contributed by atoms with Crippen molar-refractivity contribution < 1.29 is 19.1 Å². The summed E-state index contributed by atoms with van der Waals surface area (Å²) in [4.78, 5) is 23.1. The summed E-state index contributed by atoms with van der Waals surface area (Å²) in [5.74, 6) is -0.844. The molecule has 0 unspecified atom stereocenters. The van der Waals surface area contributed by atoms with E-state index in [1.165, 1.54) is 6.07 Å². The molecule has 3 aromatic rings. The summed E-state index contributed by atoms with van der Waals surface area (Å²) in [7, 11) is 0. The Balaban J connectivity index is 1.77. The van der Waals surface area contributed by atoms with Crippen LogP contribution in [-0.4, -0.2) is 17.0 Å². The number of anilines is 1. The third-order valence-corrected chi connectivity index (χ3v) is 4.11. The van der Waals surface area contributed by atoms with Crippen LogP contribution in [0, 0.1) is 0 Å². The molecular formula is C19H13Cl2NO4. The smallest absolute Gasteiger partial charge is 0.307 e. The van der Waals surface area contributed by atoms with Gasteiger partial charge in [-0.3, -0.25) is 9.59 Å². The largest absolute Gasteiger partial charge is 0.481 e. The molecule has 1 aromatic heterocycles. The minimum Gasteiger partial charge on any atom is -0.481 e. The molecular weight excluding hydrogens is 377 g/mol. The van der Waals surface area contributed by atoms with Gasteiger partial charge in [-0.25, -0.2) is 0 Å². The summed E-state index contributed by atoms with van der Waals surface area (Å²) >= 11 is 12.0. The van der Waals surface area contributed by atoms with Crippen LogP contribution in [0.4, 0.5) is 5.69 Å². The van der Waals surface area contributed by atoms with E-state index in [0.717, 1.165) is 0 Å². The molecule has 132 valence electrons. The van der Waals surface area contributed by atoms with E-state index in [1.807, 2.05) is 0 Å². The van der Waals surface area contributed by atoms with Gasteiger partial charge in [-0.2, -0.15) is 0 Å². The molecule has 0 fully saturated rings. The number of carboxylic acid groups (broad SMARTS) is 1. The molecule has 0 saturated carbocycles. The van der Waals surface area contributed by atoms with E-state index in [-0.39, 0.29) is 12.2 Å². The van der Waals surface area contributed by atoms with Gasteiger partial charge < -0.3 is 14.8 Å². The minimum absolute atomic E-state index is 0.106. The number of carbonyl (C=O) groups is 2. The van der Waals surface area contributed by atoms with E-state index in [1.54, 1.807) is 48.5 Å². The highest BCUT2D eigenvalue weighted by Crippen LogP contribution is 2.31. The van der Waals surface area contributed by atoms with Crippen LogP contribution in [0.3, 0.4) is 0 Å². The lowest BCUT2D eigenvalue weighted by Gasteiger charge is -2.05. The van der Waals surface area contributed by atoms with Gasteiger partial charge in [0.2, 0.25) is 0 Å². The number of benzene rings is 2. The molecule has 0 spiro atoms. The number of halogens is 2. The van der Waals surface area contributed by atoms with Gasteiger partial charge in [0.25, 0.3) is 5.91 Å². The highest BCUT2D eigenvalue weighted by atomic mass is 35.5. The Hall–Kier alpha value is -2.76. The number of amides is 1. The molecule has 1 amide bonds. The standard InChI is InChI=1S/C19H13Cl2NO4/c20-12-4-5-14(15(21)10-12)16-6-7-17(26-16)19(25)22-13-3-1-2-11(8-13)9-18(23)24/h1-8,10H,9H2,(H,22,25)(H,23,24). The molecule has 0 aliphatic heterocycles. The van der Waals surface area contributed by atoms with Crippen molar-refractivity contribution in [3.05, 3.63) is 76.0 Å². The van der Waals surface area contributed by atoms with Gasteiger partial charge in [0.1, 0.15) is 5.76 Å². The molecule has 0 bridgehead atoms. The maximum Gasteiger partial charge on any atom is 0.307 e. The van der Waals surface area contributed by atoms with Gasteiger partial charge in [-0.05, 0) is 48.0 Å². The first-order chi connectivity index (χ1) is 12.4. The Kier molecular flexibility index (Phi) is 5.30. The van der Waals surface area contributed by atoms with E-state index in [9.17, 15) is 9.59 Å². The number of nitrogens with one attached hydrogen (secondary N) is 1. The lowest BCUT2D eigenvalue weighted by molar-refractivity contribution is -0.136. The van der Waals surface area contributed by atoms with Crippen molar-refractivity contribution in [1.82, 2.24) is 0 Å². The Bertz CT molecular complexity index is 981. The number of aliphatic carboxylic acids is 1. The maximum absolute atomic E-state index is 12.4. The second kappa shape index (κ2) is 7.64. The molecule has 5 nitrogen and oxygen atoms in total. The van der Waals surface area contributed by atoms with Crippen molar-refractivity contribution in [3.8, 4) is 11.3 Å². The van der Waals surface area contributed by atoms with Crippen molar-refractivity contribution in [3.63, 3.8) is 0 Å². The van der Waals surface area contributed by atoms with Crippen molar-refractivity contribution in [2.45, 2.75) is 6.42 Å². The zero-order chi connectivity index (χ0) is 18.7. The number of carboxylic acids is 1. The fourth-order valence-electron chi connectivity index (χ4n) is 2.42. The van der Waals surface area contributed by atoms with Crippen LogP contribution in [0.1, 0.15) is 16.1 Å². The first-order valence-electron chi connectivity index (χ1n) is 7.60. The quantitative estimate of drug-likeness (QED) is 0.633. The van der Waals surface area contributed by atoms with Gasteiger partial charge in [0.15, 0.2) is 5.76 Å². The predicted molar refractivity (Wildman–Crippen MR) is 99.9 cm³/mol. The summed E-state index contributed by atoms with van der Waals surface area (Å²) in [5.41, 5.74) is 1.69. The first-order valence-corrected chi connectivity index (χ1v) is 8.35. The fourth-order valence-corrected chi connectivity index (χ4v) is 2.92. The highest BCUT2D eigenvalue weighted by molar-refractivity contribution is 6.36. The third kappa shape index (κ3) is 4.25. The maximum atomic E-state index is 12.4. The average molecular weight is 390 g/mol. The predicted octanol–water partition coefficient (Wildman–Crippen LogP) is 5.13. The Morgan fingerprint density at radius 2 is 1.85 bits per heavy atom. The molecule has 0 aliphatic rings. The summed E-state index contributed by atoms with van der Waals surface area (Å²) in [6.45, 7) is 0. The minimum atomic E-state index is -0.941. The van der Waals surface area contributed by atoms with Gasteiger partial charge >= 0.3 is 5.97 Å². The molecule has 0 atom stereocenters. The molecule has 0 saturated heterocycles. The number of hydrogen-bond donors (Lipinski definition) is 2. The zero-order valence-electron chi connectivity index (χ0n) is 13.3. The molecule has 0 aliphatic carbocycles. The molecule has 7 heteroatoms. The zero-order valence-corrected chi connectivity index (χ0v) is 14.8. The Labute approximate surface area is 159 Å². The van der Waals surface area contributed by atoms with Crippen molar-refractivity contribution in [2.75, 3.05) is 5.32 Å². The van der Waals surface area contributed by atoms with Crippen molar-refractivity contribution in [1.29, 1.82) is 0 Å². The molecule has 2 N–H and O–H groups in total. The summed E-state index contributed by atoms with van der Waals surface area (Å²) in [6.07, 6.45) is -0.121. The van der Waals surface area contributed by atoms with Crippen LogP contribution < -0.4 is 5.32 Å². The first kappa shape index (κ1) is 18.0. The number of hydrogen-bond acceptors (Lipinski definition) is 3. The van der Waals surface area contributed by atoms with Crippen LogP contribution in [-0.2, 0) is 11.2 Å². The highest BCUT2D eigenvalue weighted by Gasteiger charge is 2.15. The van der Waals surface area contributed by atoms with E-state index >= 15 is 0 Å². The molecule has 1 heterocycles. The normalized spacial score (nSPS) is 10.5. The van der Waals surface area contributed by atoms with Gasteiger partial charge in [0, 0.05) is 16.3 Å². The van der Waals surface area contributed by atoms with Crippen LogP contribution in [0.15, 0.2) is 59.0 Å². The summed E-state index contributed by atoms with van der Waals surface area (Å²) < 4.78 is 5.59. The number of furan rings is 1. The van der Waals surface area contributed by atoms with Crippen molar-refractivity contribution >= 4 is 40.8 Å². The van der Waals surface area contributed by atoms with Crippen LogP contribution in [0.25, 0.3) is 11.3 Å². The van der Waals surface area contributed by atoms with Gasteiger partial charge in [0.05, 0.1) is 11.4 Å². The number of carbonyl (C=O) groups excluding carboxylic acids is 1. The lowest BCUT2D eigenvalue weighted by Crippen LogP contribution is -2.11. The second-order valence-corrected chi connectivity index (χ2v) is 6.36. The third-order valence-electron chi connectivity index (χ3n) is 3.57. The summed E-state index contributed by atoms with van der Waals surface area (Å²) in [6, 6.07) is 14.8. The molecule has 3 rings (SSSR count). The van der Waals surface area contributed by atoms with Crippen LogP contribution in [0.2, 0.25) is 10.0 Å². The van der Waals surface area contributed by atoms with E-state index in [4.69, 9.17) is 32.7 Å². The van der Waals surface area contributed by atoms with Crippen LogP contribution in [0.5, 0.6) is 0 Å². The fraction of sp³-hybridized carbons (Fsp3) is 0.0526. The van der Waals surface area contributed by atoms with E-state index < -0.39 is 11.9 Å². The molecule has 26 heavy (non-hydrogen) atoms. The Morgan fingerprint density at radius 3 is 2.58 bits per heavy atom. The van der Waals surface area contributed by atoms with Gasteiger partial charge in [-0.15, -0.1) is 0 Å². The lowest BCUT2D eigenvalue weighted by atomic mass is 10.1. The van der Waals surface area contributed by atoms with Crippen LogP contribution >= 0.6 is 23.2 Å². The second-order valence-electron chi connectivity index (χ2n) is 5.51. The monoisotopic (exact) mass is 389 g/mol. The Morgan fingerprint density at radius 1 is 1.04 bits per heavy atom. The average Bonchev–Trinajstić information content (AvgIpc) is 3.04. The van der Waals surface area contributed by atoms with Crippen molar-refractivity contribution in [2.24, 2.45) is 0 Å². The summed E-state index contributed by atoms with van der Waals surface area (Å²) in [5, 5.41) is 12.4. The van der Waals surface area contributed by atoms with Gasteiger partial charge in [-0.1, -0.05) is 35.3 Å². The van der Waals surface area contributed by atoms with E-state index in [2.05, 4.69) is 5.32 Å². The number of rotatable bonds is 5. The van der Waals surface area contributed by atoms with E-state index in [0.29, 0.717) is 32.6 Å².